The number of aryl methyl sites for hydroxylation is 1. The van der Waals surface area contributed by atoms with Gasteiger partial charge in [0.05, 0.1) is 12.1 Å². The van der Waals surface area contributed by atoms with E-state index in [1.54, 1.807) is 24.1 Å². The third-order valence-corrected chi connectivity index (χ3v) is 3.49. The molecule has 1 aromatic rings. The minimum atomic E-state index is -0.798. The summed E-state index contributed by atoms with van der Waals surface area (Å²) in [5.41, 5.74) is 6.49. The highest BCUT2D eigenvalue weighted by atomic mass is 16.4. The Kier molecular flexibility index (Phi) is 3.84. The van der Waals surface area contributed by atoms with Gasteiger partial charge in [-0.25, -0.2) is 0 Å². The summed E-state index contributed by atoms with van der Waals surface area (Å²) >= 11 is 0. The van der Waals surface area contributed by atoms with Crippen LogP contribution >= 0.6 is 0 Å². The van der Waals surface area contributed by atoms with Gasteiger partial charge in [-0.2, -0.15) is 5.10 Å². The summed E-state index contributed by atoms with van der Waals surface area (Å²) in [7, 11) is 1.75. The molecule has 1 aromatic heterocycles. The second-order valence-corrected chi connectivity index (χ2v) is 4.98. The van der Waals surface area contributed by atoms with Crippen molar-refractivity contribution in [3.8, 4) is 0 Å². The molecule has 0 aromatic carbocycles. The van der Waals surface area contributed by atoms with Crippen molar-refractivity contribution in [2.45, 2.75) is 31.3 Å². The monoisotopic (exact) mass is 266 g/mol. The number of carbonyl (C=O) groups excluding carboxylic acids is 1. The molecule has 1 saturated carbocycles. The van der Waals surface area contributed by atoms with E-state index >= 15 is 0 Å². The molecule has 3 atom stereocenters. The molecule has 0 radical (unpaired) electrons. The number of aliphatic carboxylic acids is 1. The topological polar surface area (TPSA) is 110 Å². The molecule has 1 amide bonds. The molecule has 104 valence electrons. The Morgan fingerprint density at radius 3 is 2.84 bits per heavy atom. The van der Waals surface area contributed by atoms with E-state index in [0.717, 1.165) is 0 Å². The van der Waals surface area contributed by atoms with Crippen LogP contribution < -0.4 is 11.1 Å². The number of aromatic nitrogens is 2. The summed E-state index contributed by atoms with van der Waals surface area (Å²) in [5, 5.41) is 15.7. The fourth-order valence-electron chi connectivity index (χ4n) is 2.38. The summed E-state index contributed by atoms with van der Waals surface area (Å²) in [6.07, 6.45) is 5.00. The predicted octanol–water partition coefficient (Wildman–Crippen LogP) is -0.211. The van der Waals surface area contributed by atoms with Crippen LogP contribution in [0.5, 0.6) is 0 Å². The highest BCUT2D eigenvalue weighted by molar-refractivity contribution is 5.83. The molecular weight excluding hydrogens is 248 g/mol. The van der Waals surface area contributed by atoms with Gasteiger partial charge in [0.1, 0.15) is 6.04 Å². The normalized spacial score (nSPS) is 24.1. The number of rotatable bonds is 4. The summed E-state index contributed by atoms with van der Waals surface area (Å²) in [6.45, 7) is 0. The van der Waals surface area contributed by atoms with Crippen molar-refractivity contribution in [2.75, 3.05) is 0 Å². The molecule has 0 spiro atoms. The average molecular weight is 266 g/mol. The number of carboxylic acid groups (broad SMARTS) is 1. The van der Waals surface area contributed by atoms with Crippen molar-refractivity contribution in [3.63, 3.8) is 0 Å². The van der Waals surface area contributed by atoms with E-state index in [-0.39, 0.29) is 17.9 Å². The number of nitrogens with zero attached hydrogens (tertiary/aromatic N) is 2. The van der Waals surface area contributed by atoms with Crippen LogP contribution in [0.3, 0.4) is 0 Å². The van der Waals surface area contributed by atoms with Gasteiger partial charge in [-0.1, -0.05) is 0 Å². The number of carboxylic acids is 1. The minimum absolute atomic E-state index is 0.101. The standard InChI is InChI=1S/C12H18N4O3/c1-16-6-8(5-14-16)10(13)11(17)15-9-3-2-7(4-9)12(18)19/h5-7,9-10H,2-4,13H2,1H3,(H,15,17)(H,18,19)/t7-,9+,10?/m1/s1. The van der Waals surface area contributed by atoms with E-state index in [4.69, 9.17) is 10.8 Å². The highest BCUT2D eigenvalue weighted by Crippen LogP contribution is 2.26. The maximum atomic E-state index is 12.0. The van der Waals surface area contributed by atoms with Crippen molar-refractivity contribution >= 4 is 11.9 Å². The number of nitrogens with one attached hydrogen (secondary N) is 1. The van der Waals surface area contributed by atoms with Gasteiger partial charge in [-0.05, 0) is 19.3 Å². The maximum absolute atomic E-state index is 12.0. The zero-order chi connectivity index (χ0) is 14.0. The van der Waals surface area contributed by atoms with Gasteiger partial charge < -0.3 is 16.2 Å². The van der Waals surface area contributed by atoms with E-state index in [9.17, 15) is 9.59 Å². The molecule has 1 unspecified atom stereocenters. The number of hydrogen-bond donors (Lipinski definition) is 3. The number of carbonyl (C=O) groups is 2. The molecule has 19 heavy (non-hydrogen) atoms. The van der Waals surface area contributed by atoms with Gasteiger partial charge in [0.25, 0.3) is 0 Å². The van der Waals surface area contributed by atoms with Crippen LogP contribution in [0.15, 0.2) is 12.4 Å². The molecule has 1 aliphatic rings. The van der Waals surface area contributed by atoms with Gasteiger partial charge in [0, 0.05) is 24.8 Å². The van der Waals surface area contributed by atoms with Crippen molar-refractivity contribution < 1.29 is 14.7 Å². The lowest BCUT2D eigenvalue weighted by atomic mass is 10.1. The lowest BCUT2D eigenvalue weighted by Crippen LogP contribution is -2.39. The van der Waals surface area contributed by atoms with Gasteiger partial charge in [0.2, 0.25) is 5.91 Å². The third-order valence-electron chi connectivity index (χ3n) is 3.49. The quantitative estimate of drug-likeness (QED) is 0.698. The number of amides is 1. The molecule has 1 heterocycles. The number of hydrogen-bond acceptors (Lipinski definition) is 4. The summed E-state index contributed by atoms with van der Waals surface area (Å²) in [5.74, 6) is -1.45. The van der Waals surface area contributed by atoms with Crippen LogP contribution in [0.1, 0.15) is 30.9 Å². The van der Waals surface area contributed by atoms with Crippen molar-refractivity contribution in [2.24, 2.45) is 18.7 Å². The zero-order valence-corrected chi connectivity index (χ0v) is 10.7. The lowest BCUT2D eigenvalue weighted by molar-refractivity contribution is -0.141. The first-order valence-electron chi connectivity index (χ1n) is 6.24. The van der Waals surface area contributed by atoms with Crippen molar-refractivity contribution in [1.29, 1.82) is 0 Å². The van der Waals surface area contributed by atoms with Crippen LogP contribution in [-0.4, -0.2) is 32.8 Å². The summed E-state index contributed by atoms with van der Waals surface area (Å²) < 4.78 is 1.58. The average Bonchev–Trinajstić information content (AvgIpc) is 2.97. The zero-order valence-electron chi connectivity index (χ0n) is 10.7. The maximum Gasteiger partial charge on any atom is 0.306 e. The van der Waals surface area contributed by atoms with Gasteiger partial charge >= 0.3 is 5.97 Å². The first-order valence-corrected chi connectivity index (χ1v) is 6.24. The van der Waals surface area contributed by atoms with Gasteiger partial charge in [0.15, 0.2) is 0 Å². The Morgan fingerprint density at radius 2 is 2.32 bits per heavy atom. The largest absolute Gasteiger partial charge is 0.481 e. The van der Waals surface area contributed by atoms with Crippen LogP contribution in [-0.2, 0) is 16.6 Å². The summed E-state index contributed by atoms with van der Waals surface area (Å²) in [6, 6.07) is -0.867. The van der Waals surface area contributed by atoms with Crippen LogP contribution in [0.25, 0.3) is 0 Å². The SMILES string of the molecule is Cn1cc(C(N)C(=O)N[C@H]2CC[C@@H](C(=O)O)C2)cn1. The molecule has 7 heteroatoms. The molecule has 1 fully saturated rings. The van der Waals surface area contributed by atoms with Crippen LogP contribution in [0.4, 0.5) is 0 Å². The molecule has 0 aliphatic heterocycles. The Bertz CT molecular complexity index is 485. The Hall–Kier alpha value is -1.89. The second kappa shape index (κ2) is 5.40. The summed E-state index contributed by atoms with van der Waals surface area (Å²) in [4.78, 5) is 22.8. The highest BCUT2D eigenvalue weighted by Gasteiger charge is 2.31. The Balaban J connectivity index is 1.89. The van der Waals surface area contributed by atoms with E-state index in [2.05, 4.69) is 10.4 Å². The van der Waals surface area contributed by atoms with Crippen LogP contribution in [0, 0.1) is 5.92 Å². The number of nitrogens with two attached hydrogens (primary N) is 1. The molecule has 0 saturated heterocycles. The van der Waals surface area contributed by atoms with Gasteiger partial charge in [-0.15, -0.1) is 0 Å². The fraction of sp³-hybridized carbons (Fsp3) is 0.583. The van der Waals surface area contributed by atoms with E-state index in [1.165, 1.54) is 0 Å². The molecule has 2 rings (SSSR count). The fourth-order valence-corrected chi connectivity index (χ4v) is 2.38. The molecule has 1 aliphatic carbocycles. The lowest BCUT2D eigenvalue weighted by Gasteiger charge is -2.15. The molecule has 4 N–H and O–H groups in total. The Morgan fingerprint density at radius 1 is 1.58 bits per heavy atom. The minimum Gasteiger partial charge on any atom is -0.481 e. The Labute approximate surface area is 110 Å². The molecule has 0 bridgehead atoms. The smallest absolute Gasteiger partial charge is 0.306 e. The third kappa shape index (κ3) is 3.11. The predicted molar refractivity (Wildman–Crippen MR) is 67.0 cm³/mol. The molecule has 7 nitrogen and oxygen atoms in total. The van der Waals surface area contributed by atoms with Crippen molar-refractivity contribution in [1.82, 2.24) is 15.1 Å². The van der Waals surface area contributed by atoms with E-state index in [1.807, 2.05) is 0 Å². The second-order valence-electron chi connectivity index (χ2n) is 4.98. The first-order chi connectivity index (χ1) is 8.97. The molecular formula is C12H18N4O3. The van der Waals surface area contributed by atoms with Gasteiger partial charge in [-0.3, -0.25) is 14.3 Å². The van der Waals surface area contributed by atoms with Crippen LogP contribution in [0.2, 0.25) is 0 Å². The van der Waals surface area contributed by atoms with E-state index in [0.29, 0.717) is 24.8 Å². The first kappa shape index (κ1) is 13.5. The van der Waals surface area contributed by atoms with Crippen molar-refractivity contribution in [3.05, 3.63) is 18.0 Å². The van der Waals surface area contributed by atoms with E-state index < -0.39 is 12.0 Å².